The van der Waals surface area contributed by atoms with E-state index in [0.717, 1.165) is 33.6 Å². The second-order valence-corrected chi connectivity index (χ2v) is 13.6. The molecule has 1 aliphatic heterocycles. The van der Waals surface area contributed by atoms with Gasteiger partial charge < -0.3 is 14.0 Å². The molecule has 0 bridgehead atoms. The van der Waals surface area contributed by atoms with Crippen molar-refractivity contribution in [2.75, 3.05) is 11.9 Å². The minimum absolute atomic E-state index is 0.269. The average Bonchev–Trinajstić information content (AvgIpc) is 3.72. The van der Waals surface area contributed by atoms with Crippen LogP contribution in [0.5, 0.6) is 0 Å². The predicted octanol–water partition coefficient (Wildman–Crippen LogP) is 11.6. The molecule has 0 saturated carbocycles. The first-order chi connectivity index (χ1) is 25.2. The largest absolute Gasteiger partial charge is 0.335 e. The molecule has 1 unspecified atom stereocenters. The summed E-state index contributed by atoms with van der Waals surface area (Å²) in [4.78, 5) is 7.84. The lowest BCUT2D eigenvalue weighted by Crippen LogP contribution is -2.33. The van der Waals surface area contributed by atoms with E-state index in [1.165, 1.54) is 59.8 Å². The van der Waals surface area contributed by atoms with Crippen molar-refractivity contribution in [3.63, 3.8) is 0 Å². The highest BCUT2D eigenvalue weighted by atomic mass is 15.4. The Bertz CT molecular complexity index is 2960. The maximum Gasteiger partial charge on any atom is 0.203 e. The first kappa shape index (κ1) is 28.2. The van der Waals surface area contributed by atoms with Crippen molar-refractivity contribution in [1.82, 2.24) is 9.13 Å². The standard InChI is InChI=1S/C47H32N4/c1-49-39-21-11-10-20-37(39)46(32-15-3-2-4-16-32)48-47(49)51-40-22-12-9-19-36(40)38-29-33(25-28-41(38)51)50-42-26-23-30-13-5-7-17-34(30)44(42)45-35-18-8-6-14-31(35)24-27-43(45)50/h2-29,47H,1H3. The summed E-state index contributed by atoms with van der Waals surface area (Å²) in [7, 11) is 2.16. The third kappa shape index (κ3) is 3.99. The molecule has 1 atom stereocenters. The van der Waals surface area contributed by atoms with Crippen LogP contribution in [0.15, 0.2) is 175 Å². The van der Waals surface area contributed by atoms with E-state index >= 15 is 0 Å². The van der Waals surface area contributed by atoms with Crippen molar-refractivity contribution in [3.8, 4) is 5.69 Å². The summed E-state index contributed by atoms with van der Waals surface area (Å²) in [6.07, 6.45) is -0.269. The van der Waals surface area contributed by atoms with E-state index in [0.29, 0.717) is 0 Å². The van der Waals surface area contributed by atoms with Crippen LogP contribution in [0, 0.1) is 0 Å². The molecular formula is C47H32N4. The molecule has 11 rings (SSSR count). The topological polar surface area (TPSA) is 25.5 Å². The molecule has 0 aliphatic carbocycles. The van der Waals surface area contributed by atoms with Gasteiger partial charge in [-0.3, -0.25) is 0 Å². The summed E-state index contributed by atoms with van der Waals surface area (Å²) >= 11 is 0. The van der Waals surface area contributed by atoms with Gasteiger partial charge in [-0.15, -0.1) is 0 Å². The van der Waals surface area contributed by atoms with Crippen molar-refractivity contribution in [2.24, 2.45) is 4.99 Å². The normalized spacial score (nSPS) is 14.6. The fourth-order valence-corrected chi connectivity index (χ4v) is 8.64. The van der Waals surface area contributed by atoms with E-state index in [1.54, 1.807) is 0 Å². The van der Waals surface area contributed by atoms with Crippen LogP contribution in [0.3, 0.4) is 0 Å². The first-order valence-corrected chi connectivity index (χ1v) is 17.6. The lowest BCUT2D eigenvalue weighted by molar-refractivity contribution is 0.540. The van der Waals surface area contributed by atoms with Gasteiger partial charge >= 0.3 is 0 Å². The van der Waals surface area contributed by atoms with E-state index in [9.17, 15) is 0 Å². The van der Waals surface area contributed by atoms with E-state index in [1.807, 2.05) is 0 Å². The van der Waals surface area contributed by atoms with Crippen molar-refractivity contribution in [1.29, 1.82) is 0 Å². The Hall–Kier alpha value is -6.65. The Balaban J connectivity index is 1.19. The average molecular weight is 653 g/mol. The van der Waals surface area contributed by atoms with Gasteiger partial charge in [0.15, 0.2) is 0 Å². The van der Waals surface area contributed by atoms with Gasteiger partial charge in [-0.2, -0.15) is 0 Å². The number of benzene rings is 8. The van der Waals surface area contributed by atoms with Gasteiger partial charge in [0.25, 0.3) is 0 Å². The molecule has 51 heavy (non-hydrogen) atoms. The summed E-state index contributed by atoms with van der Waals surface area (Å²) in [6, 6.07) is 61.6. The van der Waals surface area contributed by atoms with Crippen LogP contribution in [0.2, 0.25) is 0 Å². The molecule has 0 radical (unpaired) electrons. The third-order valence-electron chi connectivity index (χ3n) is 10.9. The van der Waals surface area contributed by atoms with Gasteiger partial charge in [0.1, 0.15) is 0 Å². The third-order valence-corrected chi connectivity index (χ3v) is 10.9. The van der Waals surface area contributed by atoms with Gasteiger partial charge in [-0.25, -0.2) is 4.99 Å². The molecule has 0 amide bonds. The first-order valence-electron chi connectivity index (χ1n) is 17.6. The zero-order valence-corrected chi connectivity index (χ0v) is 28.0. The fraction of sp³-hybridized carbons (Fsp3) is 0.0426. The monoisotopic (exact) mass is 652 g/mol. The number of para-hydroxylation sites is 2. The molecular weight excluding hydrogens is 621 g/mol. The SMILES string of the molecule is CN1c2ccccc2C(c2ccccc2)=NC1n1c2ccccc2c2cc(-n3c4ccc5ccccc5c4c4c5ccccc5ccc43)ccc21. The number of hydrogen-bond acceptors (Lipinski definition) is 2. The summed E-state index contributed by atoms with van der Waals surface area (Å²) in [5, 5.41) is 10.1. The molecule has 8 aromatic carbocycles. The van der Waals surface area contributed by atoms with E-state index < -0.39 is 0 Å². The molecule has 1 aliphatic rings. The Morgan fingerprint density at radius 2 is 1.04 bits per heavy atom. The second kappa shape index (κ2) is 10.7. The minimum atomic E-state index is -0.269. The highest BCUT2D eigenvalue weighted by molar-refractivity contribution is 6.28. The van der Waals surface area contributed by atoms with Crippen LogP contribution < -0.4 is 4.90 Å². The maximum absolute atomic E-state index is 5.53. The number of hydrogen-bond donors (Lipinski definition) is 0. The van der Waals surface area contributed by atoms with Crippen molar-refractivity contribution in [2.45, 2.75) is 6.29 Å². The summed E-state index contributed by atoms with van der Waals surface area (Å²) in [5.41, 5.74) is 10.3. The molecule has 0 saturated heterocycles. The molecule has 240 valence electrons. The zero-order chi connectivity index (χ0) is 33.6. The molecule has 10 aromatic rings. The Kier molecular flexibility index (Phi) is 5.90. The van der Waals surface area contributed by atoms with Crippen molar-refractivity contribution in [3.05, 3.63) is 181 Å². The van der Waals surface area contributed by atoms with Crippen molar-refractivity contribution >= 4 is 76.6 Å². The second-order valence-electron chi connectivity index (χ2n) is 13.6. The number of aliphatic imine (C=N–C) groups is 1. The van der Waals surface area contributed by atoms with Crippen LogP contribution in [-0.4, -0.2) is 21.9 Å². The van der Waals surface area contributed by atoms with Gasteiger partial charge in [0.05, 0.1) is 27.8 Å². The number of aromatic nitrogens is 2. The van der Waals surface area contributed by atoms with Crippen LogP contribution in [0.4, 0.5) is 5.69 Å². The molecule has 0 N–H and O–H groups in total. The lowest BCUT2D eigenvalue weighted by atomic mass is 9.98. The molecule has 3 heterocycles. The lowest BCUT2D eigenvalue weighted by Gasteiger charge is -2.35. The van der Waals surface area contributed by atoms with Crippen LogP contribution in [0.1, 0.15) is 17.4 Å². The molecule has 4 nitrogen and oxygen atoms in total. The zero-order valence-electron chi connectivity index (χ0n) is 28.0. The van der Waals surface area contributed by atoms with Crippen LogP contribution in [-0.2, 0) is 0 Å². The fourth-order valence-electron chi connectivity index (χ4n) is 8.64. The number of anilines is 1. The van der Waals surface area contributed by atoms with Crippen molar-refractivity contribution < 1.29 is 0 Å². The van der Waals surface area contributed by atoms with E-state index in [4.69, 9.17) is 4.99 Å². The van der Waals surface area contributed by atoms with Gasteiger partial charge in [-0.05, 0) is 64.0 Å². The Morgan fingerprint density at radius 1 is 0.471 bits per heavy atom. The highest BCUT2D eigenvalue weighted by Gasteiger charge is 2.29. The van der Waals surface area contributed by atoms with E-state index in [-0.39, 0.29) is 6.29 Å². The molecule has 0 spiro atoms. The van der Waals surface area contributed by atoms with Crippen LogP contribution >= 0.6 is 0 Å². The Labute approximate surface area is 294 Å². The smallest absolute Gasteiger partial charge is 0.203 e. The predicted molar refractivity (Wildman–Crippen MR) is 215 cm³/mol. The highest BCUT2D eigenvalue weighted by Crippen LogP contribution is 2.43. The van der Waals surface area contributed by atoms with E-state index in [2.05, 4.69) is 191 Å². The maximum atomic E-state index is 5.53. The van der Waals surface area contributed by atoms with Gasteiger partial charge in [0, 0.05) is 51.1 Å². The number of rotatable bonds is 3. The summed E-state index contributed by atoms with van der Waals surface area (Å²) in [5.74, 6) is 0. The quantitative estimate of drug-likeness (QED) is 0.186. The molecule has 2 aromatic heterocycles. The summed E-state index contributed by atoms with van der Waals surface area (Å²) in [6.45, 7) is 0. The summed E-state index contributed by atoms with van der Waals surface area (Å²) < 4.78 is 4.88. The number of fused-ring (bicyclic) bond motifs is 11. The molecule has 4 heteroatoms. The van der Waals surface area contributed by atoms with Gasteiger partial charge in [0.2, 0.25) is 6.29 Å². The van der Waals surface area contributed by atoms with Gasteiger partial charge in [-0.1, -0.05) is 127 Å². The Morgan fingerprint density at radius 3 is 1.76 bits per heavy atom. The number of nitrogens with zero attached hydrogens (tertiary/aromatic N) is 4. The minimum Gasteiger partial charge on any atom is -0.335 e. The molecule has 0 fully saturated rings. The van der Waals surface area contributed by atoms with Crippen LogP contribution in [0.25, 0.3) is 70.8 Å².